The van der Waals surface area contributed by atoms with Crippen molar-refractivity contribution in [3.05, 3.63) is 42.0 Å². The fourth-order valence-electron chi connectivity index (χ4n) is 2.19. The Hall–Kier alpha value is -2.49. The molecule has 0 atom stereocenters. The van der Waals surface area contributed by atoms with Crippen molar-refractivity contribution in [2.24, 2.45) is 0 Å². The summed E-state index contributed by atoms with van der Waals surface area (Å²) in [5.41, 5.74) is 1.78. The normalized spacial score (nSPS) is 10.8. The summed E-state index contributed by atoms with van der Waals surface area (Å²) in [4.78, 5) is 11.7. The number of ether oxygens (including phenoxy) is 2. The lowest BCUT2D eigenvalue weighted by Crippen LogP contribution is -2.03. The third-order valence-corrected chi connectivity index (χ3v) is 3.10. The average molecular weight is 256 g/mol. The van der Waals surface area contributed by atoms with Crippen LogP contribution in [0.4, 0.5) is 0 Å². The molecule has 4 heteroatoms. The summed E-state index contributed by atoms with van der Waals surface area (Å²) in [5.74, 6) is 0.0325. The molecule has 2 aromatic carbocycles. The van der Waals surface area contributed by atoms with Crippen molar-refractivity contribution in [2.75, 3.05) is 14.2 Å². The molecular weight excluding hydrogens is 244 g/mol. The highest BCUT2D eigenvalue weighted by Gasteiger charge is 2.17. The first-order valence-electron chi connectivity index (χ1n) is 5.82. The smallest absolute Gasteiger partial charge is 0.341 e. The Labute approximate surface area is 109 Å². The number of furan rings is 1. The number of hydrogen-bond donors (Lipinski definition) is 0. The molecule has 0 spiro atoms. The van der Waals surface area contributed by atoms with E-state index in [-0.39, 0.29) is 0 Å². The lowest BCUT2D eigenvalue weighted by atomic mass is 10.1. The van der Waals surface area contributed by atoms with E-state index in [0.29, 0.717) is 16.9 Å². The van der Waals surface area contributed by atoms with Crippen LogP contribution in [0.5, 0.6) is 5.75 Å². The van der Waals surface area contributed by atoms with E-state index in [1.807, 2.05) is 24.3 Å². The van der Waals surface area contributed by atoms with E-state index in [9.17, 15) is 4.79 Å². The monoisotopic (exact) mass is 256 g/mol. The van der Waals surface area contributed by atoms with Gasteiger partial charge in [0.1, 0.15) is 22.5 Å². The van der Waals surface area contributed by atoms with E-state index in [0.717, 1.165) is 16.4 Å². The highest BCUT2D eigenvalue weighted by Crippen LogP contribution is 2.33. The van der Waals surface area contributed by atoms with E-state index in [1.54, 1.807) is 12.1 Å². The third kappa shape index (κ3) is 1.73. The summed E-state index contributed by atoms with van der Waals surface area (Å²) in [6.07, 6.45) is 0. The maximum atomic E-state index is 11.7. The van der Waals surface area contributed by atoms with Crippen molar-refractivity contribution in [1.29, 1.82) is 0 Å². The summed E-state index contributed by atoms with van der Waals surface area (Å²) in [7, 11) is 2.86. The maximum absolute atomic E-state index is 11.7. The Bertz CT molecular complexity index is 770. The van der Waals surface area contributed by atoms with Crippen LogP contribution in [0.25, 0.3) is 21.9 Å². The summed E-state index contributed by atoms with van der Waals surface area (Å²) in [6.45, 7) is 0. The molecule has 96 valence electrons. The van der Waals surface area contributed by atoms with Crippen LogP contribution >= 0.6 is 0 Å². The number of benzene rings is 2. The molecule has 0 amide bonds. The Kier molecular flexibility index (Phi) is 2.63. The number of hydrogen-bond acceptors (Lipinski definition) is 4. The molecule has 0 aliphatic heterocycles. The summed E-state index contributed by atoms with van der Waals surface area (Å²) < 4.78 is 15.7. The van der Waals surface area contributed by atoms with Gasteiger partial charge < -0.3 is 13.9 Å². The van der Waals surface area contributed by atoms with Crippen LogP contribution in [0.2, 0.25) is 0 Å². The van der Waals surface area contributed by atoms with Crippen molar-refractivity contribution in [1.82, 2.24) is 0 Å². The molecule has 19 heavy (non-hydrogen) atoms. The quantitative estimate of drug-likeness (QED) is 0.659. The fourth-order valence-corrected chi connectivity index (χ4v) is 2.19. The standard InChI is InChI=1S/C15H12O4/c1-17-13-7-10-9-5-3-4-6-12(9)19-14(10)8-11(13)15(16)18-2/h3-8H,1-2H3. The molecule has 0 saturated heterocycles. The van der Waals surface area contributed by atoms with Crippen LogP contribution in [-0.4, -0.2) is 20.2 Å². The minimum atomic E-state index is -0.445. The number of carbonyl (C=O) groups excluding carboxylic acids is 1. The van der Waals surface area contributed by atoms with E-state index >= 15 is 0 Å². The first-order valence-corrected chi connectivity index (χ1v) is 5.82. The SMILES string of the molecule is COC(=O)c1cc2oc3ccccc3c2cc1OC. The van der Waals surface area contributed by atoms with Gasteiger partial charge in [-0.1, -0.05) is 18.2 Å². The topological polar surface area (TPSA) is 48.7 Å². The molecule has 1 aromatic heterocycles. The molecule has 3 aromatic rings. The van der Waals surface area contributed by atoms with Crippen LogP contribution in [0.1, 0.15) is 10.4 Å². The average Bonchev–Trinajstić information content (AvgIpc) is 2.82. The second-order valence-corrected chi connectivity index (χ2v) is 4.14. The van der Waals surface area contributed by atoms with Gasteiger partial charge in [-0.25, -0.2) is 4.79 Å². The number of methoxy groups -OCH3 is 2. The van der Waals surface area contributed by atoms with Crippen LogP contribution in [0.3, 0.4) is 0 Å². The molecule has 1 heterocycles. The molecule has 0 fully saturated rings. The van der Waals surface area contributed by atoms with Crippen molar-refractivity contribution in [2.45, 2.75) is 0 Å². The van der Waals surface area contributed by atoms with Gasteiger partial charge in [0.15, 0.2) is 0 Å². The van der Waals surface area contributed by atoms with Gasteiger partial charge in [0.05, 0.1) is 14.2 Å². The van der Waals surface area contributed by atoms with E-state index in [2.05, 4.69) is 0 Å². The van der Waals surface area contributed by atoms with Crippen molar-refractivity contribution in [3.8, 4) is 5.75 Å². The van der Waals surface area contributed by atoms with Gasteiger partial charge in [-0.3, -0.25) is 0 Å². The van der Waals surface area contributed by atoms with Crippen molar-refractivity contribution >= 4 is 27.9 Å². The molecule has 0 bridgehead atoms. The Morgan fingerprint density at radius 3 is 2.58 bits per heavy atom. The van der Waals surface area contributed by atoms with Gasteiger partial charge in [0.25, 0.3) is 0 Å². The van der Waals surface area contributed by atoms with Crippen LogP contribution in [0, 0.1) is 0 Å². The number of carbonyl (C=O) groups is 1. The first-order chi connectivity index (χ1) is 9.24. The van der Waals surface area contributed by atoms with E-state index in [4.69, 9.17) is 13.9 Å². The zero-order valence-corrected chi connectivity index (χ0v) is 10.6. The Balaban J connectivity index is 2.36. The molecule has 0 aliphatic carbocycles. The second kappa shape index (κ2) is 4.31. The molecule has 0 aliphatic rings. The summed E-state index contributed by atoms with van der Waals surface area (Å²) >= 11 is 0. The van der Waals surface area contributed by atoms with Crippen molar-refractivity contribution in [3.63, 3.8) is 0 Å². The van der Waals surface area contributed by atoms with Gasteiger partial charge in [-0.05, 0) is 18.2 Å². The van der Waals surface area contributed by atoms with E-state index in [1.165, 1.54) is 14.2 Å². The Morgan fingerprint density at radius 1 is 1.05 bits per heavy atom. The highest BCUT2D eigenvalue weighted by molar-refractivity contribution is 6.08. The number of para-hydroxylation sites is 1. The lowest BCUT2D eigenvalue weighted by Gasteiger charge is -2.06. The number of esters is 1. The largest absolute Gasteiger partial charge is 0.496 e. The van der Waals surface area contributed by atoms with Crippen molar-refractivity contribution < 1.29 is 18.7 Å². The van der Waals surface area contributed by atoms with Gasteiger partial charge >= 0.3 is 5.97 Å². The Morgan fingerprint density at radius 2 is 1.84 bits per heavy atom. The highest BCUT2D eigenvalue weighted by atomic mass is 16.5. The zero-order chi connectivity index (χ0) is 13.4. The van der Waals surface area contributed by atoms with Crippen LogP contribution in [-0.2, 0) is 4.74 Å². The molecule has 0 radical (unpaired) electrons. The summed E-state index contributed by atoms with van der Waals surface area (Å²) in [6, 6.07) is 11.2. The van der Waals surface area contributed by atoms with Gasteiger partial charge in [0, 0.05) is 10.8 Å². The lowest BCUT2D eigenvalue weighted by molar-refractivity contribution is 0.0597. The minimum Gasteiger partial charge on any atom is -0.496 e. The molecular formula is C15H12O4. The third-order valence-electron chi connectivity index (χ3n) is 3.10. The van der Waals surface area contributed by atoms with Gasteiger partial charge in [-0.15, -0.1) is 0 Å². The number of rotatable bonds is 2. The van der Waals surface area contributed by atoms with Gasteiger partial charge in [-0.2, -0.15) is 0 Å². The van der Waals surface area contributed by atoms with Crippen LogP contribution < -0.4 is 4.74 Å². The van der Waals surface area contributed by atoms with Gasteiger partial charge in [0.2, 0.25) is 0 Å². The maximum Gasteiger partial charge on any atom is 0.341 e. The summed E-state index contributed by atoms with van der Waals surface area (Å²) in [5, 5.41) is 1.91. The predicted molar refractivity (Wildman–Crippen MR) is 71.6 cm³/mol. The molecule has 0 unspecified atom stereocenters. The fraction of sp³-hybridized carbons (Fsp3) is 0.133. The van der Waals surface area contributed by atoms with E-state index < -0.39 is 5.97 Å². The zero-order valence-electron chi connectivity index (χ0n) is 10.6. The second-order valence-electron chi connectivity index (χ2n) is 4.14. The first kappa shape index (κ1) is 11.6. The predicted octanol–water partition coefficient (Wildman–Crippen LogP) is 3.38. The molecule has 4 nitrogen and oxygen atoms in total. The number of fused-ring (bicyclic) bond motifs is 3. The molecule has 0 saturated carbocycles. The molecule has 3 rings (SSSR count). The molecule has 0 N–H and O–H groups in total. The van der Waals surface area contributed by atoms with Crippen LogP contribution in [0.15, 0.2) is 40.8 Å². The minimum absolute atomic E-state index is 0.358.